The van der Waals surface area contributed by atoms with Crippen LogP contribution in [0.25, 0.3) is 0 Å². The lowest BCUT2D eigenvalue weighted by atomic mass is 10.0. The van der Waals surface area contributed by atoms with Crippen LogP contribution in [0.2, 0.25) is 0 Å². The van der Waals surface area contributed by atoms with Crippen LogP contribution in [0, 0.1) is 0 Å². The molecule has 1 atom stereocenters. The molecule has 0 unspecified atom stereocenters. The van der Waals surface area contributed by atoms with Gasteiger partial charge in [0.25, 0.3) is 10.1 Å². The third-order valence-electron chi connectivity index (χ3n) is 4.92. The van der Waals surface area contributed by atoms with Gasteiger partial charge in [-0.25, -0.2) is 0 Å². The van der Waals surface area contributed by atoms with Crippen molar-refractivity contribution in [1.29, 1.82) is 0 Å². The molecule has 0 aliphatic heterocycles. The average molecular weight is 468 g/mol. The molecule has 0 aromatic heterocycles. The first kappa shape index (κ1) is 32.5. The van der Waals surface area contributed by atoms with Crippen LogP contribution in [0.3, 0.4) is 0 Å². The number of carboxylic acids is 1. The van der Waals surface area contributed by atoms with Gasteiger partial charge in [0.1, 0.15) is 12.6 Å². The summed E-state index contributed by atoms with van der Waals surface area (Å²) in [5, 5.41) is 19.1. The Bertz CT molecular complexity index is 517. The minimum absolute atomic E-state index is 0.0783. The van der Waals surface area contributed by atoms with Crippen LogP contribution < -0.4 is 5.11 Å². The molecule has 188 valence electrons. The number of hydrogen-bond donors (Lipinski definition) is 2. The molecule has 7 nitrogen and oxygen atoms in total. The Morgan fingerprint density at radius 1 is 0.806 bits per heavy atom. The number of hydrogen-bond acceptors (Lipinski definition) is 5. The molecule has 8 heteroatoms. The molecule has 0 rings (SSSR count). The van der Waals surface area contributed by atoms with Gasteiger partial charge in [-0.2, -0.15) is 8.42 Å². The van der Waals surface area contributed by atoms with E-state index in [0.717, 1.165) is 12.8 Å². The highest BCUT2D eigenvalue weighted by Gasteiger charge is 2.14. The zero-order valence-electron chi connectivity index (χ0n) is 20.5. The van der Waals surface area contributed by atoms with Gasteiger partial charge in [0.2, 0.25) is 0 Å². The fourth-order valence-electron chi connectivity index (χ4n) is 3.37. The van der Waals surface area contributed by atoms with Crippen molar-refractivity contribution >= 4 is 16.1 Å². The summed E-state index contributed by atoms with van der Waals surface area (Å²) in [6.07, 6.45) is 16.3. The summed E-state index contributed by atoms with van der Waals surface area (Å²) in [5.41, 5.74) is 0. The van der Waals surface area contributed by atoms with Crippen molar-refractivity contribution in [2.24, 2.45) is 0 Å². The van der Waals surface area contributed by atoms with Crippen molar-refractivity contribution in [1.82, 2.24) is 0 Å². The van der Waals surface area contributed by atoms with Crippen molar-refractivity contribution in [2.75, 3.05) is 33.4 Å². The molecule has 0 heterocycles. The molecule has 0 bridgehead atoms. The molecule has 0 aliphatic carbocycles. The molecule has 0 fully saturated rings. The second-order valence-corrected chi connectivity index (χ2v) is 11.2. The van der Waals surface area contributed by atoms with Gasteiger partial charge in [-0.15, -0.1) is 0 Å². The molecule has 0 radical (unpaired) electrons. The molecule has 2 N–H and O–H groups in total. The number of carbonyl (C=O) groups excluding carboxylic acids is 1. The van der Waals surface area contributed by atoms with Gasteiger partial charge in [0.15, 0.2) is 0 Å². The van der Waals surface area contributed by atoms with E-state index in [1.807, 2.05) is 21.1 Å². The quantitative estimate of drug-likeness (QED) is 0.171. The van der Waals surface area contributed by atoms with Crippen molar-refractivity contribution in [3.8, 4) is 0 Å². The zero-order chi connectivity index (χ0) is 24.2. The SMILES string of the molecule is CCCCCCCCCCCCCCCCS(=O)(=O)O.C[N+](C)(C)C[C@H](O)CC(=O)[O-]. The molecule has 31 heavy (non-hydrogen) atoms. The predicted octanol–water partition coefficient (Wildman–Crippen LogP) is 3.55. The van der Waals surface area contributed by atoms with Crippen LogP contribution in [0.4, 0.5) is 0 Å². The van der Waals surface area contributed by atoms with E-state index >= 15 is 0 Å². The van der Waals surface area contributed by atoms with Gasteiger partial charge in [0.05, 0.1) is 26.9 Å². The minimum Gasteiger partial charge on any atom is -0.550 e. The van der Waals surface area contributed by atoms with Crippen LogP contribution >= 0.6 is 0 Å². The number of unbranched alkanes of at least 4 members (excludes halogenated alkanes) is 13. The lowest BCUT2D eigenvalue weighted by Crippen LogP contribution is -2.43. The molecule has 0 aromatic rings. The number of quaternary nitrogens is 1. The van der Waals surface area contributed by atoms with E-state index in [4.69, 9.17) is 9.66 Å². The van der Waals surface area contributed by atoms with Gasteiger partial charge >= 0.3 is 0 Å². The Balaban J connectivity index is 0. The highest BCUT2D eigenvalue weighted by molar-refractivity contribution is 7.85. The van der Waals surface area contributed by atoms with E-state index in [0.29, 0.717) is 17.4 Å². The number of aliphatic hydroxyl groups excluding tert-OH is 1. The third kappa shape index (κ3) is 34.1. The van der Waals surface area contributed by atoms with E-state index in [-0.39, 0.29) is 12.2 Å². The van der Waals surface area contributed by atoms with Crippen LogP contribution in [-0.2, 0) is 14.9 Å². The Hall–Kier alpha value is -0.700. The van der Waals surface area contributed by atoms with Crippen molar-refractivity contribution in [3.63, 3.8) is 0 Å². The fourth-order valence-corrected chi connectivity index (χ4v) is 3.94. The first-order valence-electron chi connectivity index (χ1n) is 12.0. The average Bonchev–Trinajstić information content (AvgIpc) is 2.59. The van der Waals surface area contributed by atoms with Gasteiger partial charge in [-0.3, -0.25) is 4.55 Å². The van der Waals surface area contributed by atoms with Crippen LogP contribution in [0.1, 0.15) is 103 Å². The second kappa shape index (κ2) is 19.9. The molecular formula is C23H49NO6S. The zero-order valence-corrected chi connectivity index (χ0v) is 21.3. The molecule has 0 aliphatic rings. The first-order valence-corrected chi connectivity index (χ1v) is 13.6. The van der Waals surface area contributed by atoms with E-state index in [2.05, 4.69) is 6.92 Å². The maximum atomic E-state index is 10.5. The maximum Gasteiger partial charge on any atom is 0.264 e. The molecule has 0 aromatic carbocycles. The van der Waals surface area contributed by atoms with Crippen molar-refractivity contribution in [3.05, 3.63) is 0 Å². The van der Waals surface area contributed by atoms with E-state index in [9.17, 15) is 18.3 Å². The molecular weight excluding hydrogens is 418 g/mol. The van der Waals surface area contributed by atoms with E-state index in [1.54, 1.807) is 0 Å². The number of carbonyl (C=O) groups is 1. The lowest BCUT2D eigenvalue weighted by molar-refractivity contribution is -0.873. The smallest absolute Gasteiger partial charge is 0.264 e. The summed E-state index contributed by atoms with van der Waals surface area (Å²) >= 11 is 0. The molecule has 0 amide bonds. The Morgan fingerprint density at radius 2 is 1.16 bits per heavy atom. The normalized spacial score (nSPS) is 12.8. The molecule has 0 spiro atoms. The number of nitrogens with zero attached hydrogens (tertiary/aromatic N) is 1. The Labute approximate surface area is 191 Å². The fraction of sp³-hybridized carbons (Fsp3) is 0.957. The number of rotatable bonds is 19. The monoisotopic (exact) mass is 467 g/mol. The van der Waals surface area contributed by atoms with Crippen LogP contribution in [0.5, 0.6) is 0 Å². The van der Waals surface area contributed by atoms with E-state index in [1.165, 1.54) is 70.6 Å². The summed E-state index contributed by atoms with van der Waals surface area (Å²) < 4.78 is 30.1. The number of aliphatic carboxylic acids is 1. The van der Waals surface area contributed by atoms with Gasteiger partial charge in [0, 0.05) is 12.4 Å². The summed E-state index contributed by atoms with van der Waals surface area (Å²) in [5.74, 6) is -1.28. The van der Waals surface area contributed by atoms with Gasteiger partial charge < -0.3 is 19.5 Å². The minimum atomic E-state index is -3.74. The topological polar surface area (TPSA) is 115 Å². The number of likely N-dealkylation sites (N-methyl/N-ethyl adjacent to an activating group) is 1. The van der Waals surface area contributed by atoms with Gasteiger partial charge in [-0.1, -0.05) is 90.4 Å². The summed E-state index contributed by atoms with van der Waals surface area (Å²) in [6.45, 7) is 2.68. The Kier molecular flexibility index (Phi) is 20.9. The van der Waals surface area contributed by atoms with Crippen LogP contribution in [0.15, 0.2) is 0 Å². The molecule has 0 saturated heterocycles. The highest BCUT2D eigenvalue weighted by atomic mass is 32.2. The van der Waals surface area contributed by atoms with Crippen molar-refractivity contribution in [2.45, 2.75) is 109 Å². The predicted molar refractivity (Wildman–Crippen MR) is 125 cm³/mol. The number of aliphatic hydroxyl groups is 1. The second-order valence-electron chi connectivity index (χ2n) is 9.59. The first-order chi connectivity index (χ1) is 14.4. The Morgan fingerprint density at radius 3 is 1.45 bits per heavy atom. The third-order valence-corrected chi connectivity index (χ3v) is 5.72. The molecule has 0 saturated carbocycles. The summed E-state index contributed by atoms with van der Waals surface area (Å²) in [6, 6.07) is 0. The lowest BCUT2D eigenvalue weighted by Gasteiger charge is -2.26. The van der Waals surface area contributed by atoms with E-state index < -0.39 is 22.2 Å². The standard InChI is InChI=1S/C16H34O3S.C7H15NO3/c1-2-3-4-5-6-7-8-9-10-11-12-13-14-15-16-20(17,18)19;1-8(2,3)5-6(9)4-7(10)11/h2-16H2,1H3,(H,17,18,19);6,9H,4-5H2,1-3H3/t;6-/m.1/s1. The largest absolute Gasteiger partial charge is 0.550 e. The maximum absolute atomic E-state index is 10.5. The van der Waals surface area contributed by atoms with Crippen LogP contribution in [-0.4, -0.2) is 68.1 Å². The van der Waals surface area contributed by atoms with Crippen molar-refractivity contribution < 1.29 is 32.5 Å². The van der Waals surface area contributed by atoms with Gasteiger partial charge in [-0.05, 0) is 6.42 Å². The number of carboxylic acid groups (broad SMARTS) is 1. The highest BCUT2D eigenvalue weighted by Crippen LogP contribution is 2.13. The summed E-state index contributed by atoms with van der Waals surface area (Å²) in [4.78, 5) is 10.0. The summed E-state index contributed by atoms with van der Waals surface area (Å²) in [7, 11) is 1.92.